The van der Waals surface area contributed by atoms with Crippen LogP contribution in [-0.2, 0) is 0 Å². The number of hydrogen-bond donors (Lipinski definition) is 1. The van der Waals surface area contributed by atoms with E-state index in [1.54, 1.807) is 32.2 Å². The third-order valence-electron chi connectivity index (χ3n) is 3.17. The Balaban J connectivity index is 2.62. The number of aryl methyl sites for hydroxylation is 1. The lowest BCUT2D eigenvalue weighted by Gasteiger charge is -2.21. The maximum Gasteiger partial charge on any atom is 0.129 e. The summed E-state index contributed by atoms with van der Waals surface area (Å²) in [5.41, 5.74) is 1.55. The summed E-state index contributed by atoms with van der Waals surface area (Å²) in [6.45, 7) is 1.65. The summed E-state index contributed by atoms with van der Waals surface area (Å²) in [6.07, 6.45) is 0. The van der Waals surface area contributed by atoms with Gasteiger partial charge in [0.1, 0.15) is 11.6 Å². The van der Waals surface area contributed by atoms with Crippen LogP contribution in [0, 0.1) is 18.6 Å². The Kier molecular flexibility index (Phi) is 4.78. The van der Waals surface area contributed by atoms with Crippen molar-refractivity contribution in [2.45, 2.75) is 13.0 Å². The second kappa shape index (κ2) is 6.20. The molecule has 0 bridgehead atoms. The Morgan fingerprint density at radius 3 is 2.50 bits per heavy atom. The minimum Gasteiger partial charge on any atom is -0.309 e. The summed E-state index contributed by atoms with van der Waals surface area (Å²) in [7, 11) is 1.71. The van der Waals surface area contributed by atoms with Gasteiger partial charge >= 0.3 is 0 Å². The largest absolute Gasteiger partial charge is 0.309 e. The molecule has 0 heterocycles. The number of halogens is 4. The Hall–Kier alpha value is -0.970. The van der Waals surface area contributed by atoms with Gasteiger partial charge < -0.3 is 5.32 Å². The number of hydrogen-bond acceptors (Lipinski definition) is 1. The Labute approximate surface area is 130 Å². The molecule has 0 radical (unpaired) electrons. The van der Waals surface area contributed by atoms with E-state index in [9.17, 15) is 8.78 Å². The molecule has 20 heavy (non-hydrogen) atoms. The Bertz CT molecular complexity index is 626. The SMILES string of the molecule is CNC(c1cc(C)c(F)cc1Cl)c1c(F)cccc1Br. The minimum absolute atomic E-state index is 0.266. The first-order chi connectivity index (χ1) is 9.45. The van der Waals surface area contributed by atoms with Crippen LogP contribution in [0.5, 0.6) is 0 Å². The van der Waals surface area contributed by atoms with Gasteiger partial charge in [0, 0.05) is 15.1 Å². The molecule has 0 saturated carbocycles. The second-order valence-corrected chi connectivity index (χ2v) is 5.74. The fraction of sp³-hybridized carbons (Fsp3) is 0.200. The van der Waals surface area contributed by atoms with Crippen LogP contribution < -0.4 is 5.32 Å². The van der Waals surface area contributed by atoms with Crippen LogP contribution in [0.2, 0.25) is 5.02 Å². The lowest BCUT2D eigenvalue weighted by atomic mass is 9.96. The van der Waals surface area contributed by atoms with E-state index in [0.717, 1.165) is 0 Å². The Morgan fingerprint density at radius 2 is 1.90 bits per heavy atom. The molecule has 2 aromatic carbocycles. The summed E-state index contributed by atoms with van der Waals surface area (Å²) in [6, 6.07) is 7.19. The van der Waals surface area contributed by atoms with Gasteiger partial charge in [-0.05, 0) is 49.4 Å². The van der Waals surface area contributed by atoms with Crippen molar-refractivity contribution >= 4 is 27.5 Å². The van der Waals surface area contributed by atoms with Gasteiger partial charge in [-0.1, -0.05) is 33.6 Å². The van der Waals surface area contributed by atoms with Crippen LogP contribution in [0.1, 0.15) is 22.7 Å². The Morgan fingerprint density at radius 1 is 1.20 bits per heavy atom. The predicted octanol–water partition coefficient (Wildman–Crippen LogP) is 5.00. The van der Waals surface area contributed by atoms with E-state index in [1.807, 2.05) is 0 Å². The van der Waals surface area contributed by atoms with Crippen molar-refractivity contribution in [3.63, 3.8) is 0 Å². The molecule has 2 rings (SSSR count). The third-order valence-corrected chi connectivity index (χ3v) is 4.18. The summed E-state index contributed by atoms with van der Waals surface area (Å²) < 4.78 is 28.2. The molecule has 106 valence electrons. The fourth-order valence-corrected chi connectivity index (χ4v) is 2.97. The van der Waals surface area contributed by atoms with Crippen LogP contribution in [-0.4, -0.2) is 7.05 Å². The lowest BCUT2D eigenvalue weighted by molar-refractivity contribution is 0.572. The monoisotopic (exact) mass is 359 g/mol. The zero-order valence-corrected chi connectivity index (χ0v) is 13.3. The maximum atomic E-state index is 14.1. The zero-order chi connectivity index (χ0) is 14.9. The normalized spacial score (nSPS) is 12.5. The van der Waals surface area contributed by atoms with Crippen molar-refractivity contribution < 1.29 is 8.78 Å². The van der Waals surface area contributed by atoms with Crippen molar-refractivity contribution in [1.82, 2.24) is 5.32 Å². The molecule has 1 unspecified atom stereocenters. The van der Waals surface area contributed by atoms with E-state index in [4.69, 9.17) is 11.6 Å². The average molecular weight is 361 g/mol. The first-order valence-electron chi connectivity index (χ1n) is 6.02. The van der Waals surface area contributed by atoms with Gasteiger partial charge in [0.15, 0.2) is 0 Å². The van der Waals surface area contributed by atoms with E-state index in [-0.39, 0.29) is 16.7 Å². The van der Waals surface area contributed by atoms with E-state index >= 15 is 0 Å². The summed E-state index contributed by atoms with van der Waals surface area (Å²) in [5, 5.41) is 3.29. The smallest absolute Gasteiger partial charge is 0.129 e. The van der Waals surface area contributed by atoms with Gasteiger partial charge in [0.2, 0.25) is 0 Å². The van der Waals surface area contributed by atoms with Gasteiger partial charge in [0.25, 0.3) is 0 Å². The zero-order valence-electron chi connectivity index (χ0n) is 11.0. The van der Waals surface area contributed by atoms with Gasteiger partial charge in [-0.25, -0.2) is 8.78 Å². The van der Waals surface area contributed by atoms with Crippen LogP contribution in [0.15, 0.2) is 34.8 Å². The van der Waals surface area contributed by atoms with Crippen LogP contribution in [0.4, 0.5) is 8.78 Å². The number of benzene rings is 2. The summed E-state index contributed by atoms with van der Waals surface area (Å²) in [5.74, 6) is -0.724. The third kappa shape index (κ3) is 2.87. The van der Waals surface area contributed by atoms with E-state index in [1.165, 1.54) is 12.1 Å². The molecule has 1 N–H and O–H groups in total. The molecule has 0 aliphatic rings. The molecule has 2 aromatic rings. The molecule has 0 amide bonds. The van der Waals surface area contributed by atoms with Gasteiger partial charge in [0.05, 0.1) is 6.04 Å². The molecule has 1 nitrogen and oxygen atoms in total. The van der Waals surface area contributed by atoms with Crippen LogP contribution in [0.3, 0.4) is 0 Å². The highest BCUT2D eigenvalue weighted by Gasteiger charge is 2.22. The van der Waals surface area contributed by atoms with Crippen molar-refractivity contribution in [3.05, 3.63) is 68.2 Å². The van der Waals surface area contributed by atoms with E-state index in [0.29, 0.717) is 21.2 Å². The molecule has 1 atom stereocenters. The quantitative estimate of drug-likeness (QED) is 0.812. The highest BCUT2D eigenvalue weighted by atomic mass is 79.9. The molecular weight excluding hydrogens is 348 g/mol. The lowest BCUT2D eigenvalue weighted by Crippen LogP contribution is -2.20. The van der Waals surface area contributed by atoms with Gasteiger partial charge in [-0.15, -0.1) is 0 Å². The topological polar surface area (TPSA) is 12.0 Å². The number of rotatable bonds is 3. The first-order valence-corrected chi connectivity index (χ1v) is 7.19. The van der Waals surface area contributed by atoms with Crippen molar-refractivity contribution in [3.8, 4) is 0 Å². The molecule has 0 saturated heterocycles. The van der Waals surface area contributed by atoms with Crippen molar-refractivity contribution in [2.24, 2.45) is 0 Å². The van der Waals surface area contributed by atoms with E-state index < -0.39 is 6.04 Å². The maximum absolute atomic E-state index is 14.1. The fourth-order valence-electron chi connectivity index (χ4n) is 2.14. The van der Waals surface area contributed by atoms with Crippen molar-refractivity contribution in [2.75, 3.05) is 7.05 Å². The molecule has 0 fully saturated rings. The van der Waals surface area contributed by atoms with Crippen LogP contribution in [0.25, 0.3) is 0 Å². The standard InChI is InChI=1S/C15H13BrClF2N/c1-8-6-9(11(17)7-13(8)19)15(20-2)14-10(16)4-3-5-12(14)18/h3-7,15,20H,1-2H3. The van der Waals surface area contributed by atoms with Gasteiger partial charge in [-0.3, -0.25) is 0 Å². The number of nitrogens with one attached hydrogen (secondary N) is 1. The van der Waals surface area contributed by atoms with Crippen LogP contribution >= 0.6 is 27.5 Å². The summed E-state index contributed by atoms with van der Waals surface area (Å²) in [4.78, 5) is 0. The highest BCUT2D eigenvalue weighted by molar-refractivity contribution is 9.10. The molecule has 0 aliphatic carbocycles. The summed E-state index contributed by atoms with van der Waals surface area (Å²) >= 11 is 9.46. The molecular formula is C15H13BrClF2N. The first kappa shape index (κ1) is 15.4. The second-order valence-electron chi connectivity index (χ2n) is 4.48. The molecule has 0 spiro atoms. The molecule has 5 heteroatoms. The molecule has 0 aliphatic heterocycles. The van der Waals surface area contributed by atoms with E-state index in [2.05, 4.69) is 21.2 Å². The minimum atomic E-state index is -0.461. The van der Waals surface area contributed by atoms with Gasteiger partial charge in [-0.2, -0.15) is 0 Å². The van der Waals surface area contributed by atoms with Crippen molar-refractivity contribution in [1.29, 1.82) is 0 Å². The average Bonchev–Trinajstić information content (AvgIpc) is 2.39. The highest BCUT2D eigenvalue weighted by Crippen LogP contribution is 2.35. The molecule has 0 aromatic heterocycles. The predicted molar refractivity (Wildman–Crippen MR) is 81.1 cm³/mol.